The van der Waals surface area contributed by atoms with E-state index in [1.807, 2.05) is 54.6 Å². The highest BCUT2D eigenvalue weighted by Gasteiger charge is 2.52. The Morgan fingerprint density at radius 1 is 1.16 bits per heavy atom. The first-order valence-electron chi connectivity index (χ1n) is 13.6. The van der Waals surface area contributed by atoms with E-state index in [9.17, 15) is 14.7 Å². The number of nitrogens with zero attached hydrogens (tertiary/aromatic N) is 1. The number of fused-ring (bicyclic) bond motifs is 3. The van der Waals surface area contributed by atoms with Gasteiger partial charge in [0.25, 0.3) is 0 Å². The number of benzene rings is 2. The molecule has 1 spiro atoms. The van der Waals surface area contributed by atoms with E-state index < -0.39 is 23.8 Å². The Labute approximate surface area is 222 Å². The highest BCUT2D eigenvalue weighted by atomic mass is 16.7. The van der Waals surface area contributed by atoms with E-state index in [-0.39, 0.29) is 30.8 Å². The lowest BCUT2D eigenvalue weighted by atomic mass is 9.80. The highest BCUT2D eigenvalue weighted by molar-refractivity contribution is 6.06. The molecule has 4 heterocycles. The smallest absolute Gasteiger partial charge is 0.407 e. The van der Waals surface area contributed by atoms with Crippen LogP contribution in [-0.2, 0) is 31.0 Å². The van der Waals surface area contributed by atoms with Gasteiger partial charge in [0.2, 0.25) is 5.91 Å². The summed E-state index contributed by atoms with van der Waals surface area (Å²) in [5.41, 5.74) is 1.96. The first-order valence-corrected chi connectivity index (χ1v) is 13.6. The van der Waals surface area contributed by atoms with Crippen molar-refractivity contribution < 1.29 is 28.9 Å². The summed E-state index contributed by atoms with van der Waals surface area (Å²) < 4.78 is 16.9. The molecule has 6 atom stereocenters. The van der Waals surface area contributed by atoms with Crippen LogP contribution in [0.1, 0.15) is 36.8 Å². The van der Waals surface area contributed by atoms with Gasteiger partial charge in [-0.2, -0.15) is 0 Å². The van der Waals surface area contributed by atoms with Gasteiger partial charge in [-0.25, -0.2) is 4.79 Å². The third-order valence-corrected chi connectivity index (χ3v) is 8.47. The summed E-state index contributed by atoms with van der Waals surface area (Å²) in [5, 5.41) is 17.6. The van der Waals surface area contributed by atoms with Crippen molar-refractivity contribution in [2.24, 2.45) is 5.92 Å². The minimum absolute atomic E-state index is 0.0346. The molecule has 9 nitrogen and oxygen atoms in total. The maximum absolute atomic E-state index is 13.4. The second-order valence-electron chi connectivity index (χ2n) is 10.7. The number of nitrogens with one attached hydrogen (secondary N) is 2. The molecule has 3 N–H and O–H groups in total. The number of likely N-dealkylation sites (tertiary alicyclic amines) is 1. The van der Waals surface area contributed by atoms with E-state index in [0.29, 0.717) is 32.6 Å². The van der Waals surface area contributed by atoms with Gasteiger partial charge in [-0.1, -0.05) is 48.5 Å². The second-order valence-corrected chi connectivity index (χ2v) is 10.7. The molecule has 0 radical (unpaired) electrons. The molecule has 202 valence electrons. The molecule has 9 heteroatoms. The summed E-state index contributed by atoms with van der Waals surface area (Å²) >= 11 is 0. The predicted molar refractivity (Wildman–Crippen MR) is 139 cm³/mol. The lowest BCUT2D eigenvalue weighted by molar-refractivity contribution is -0.131. The zero-order valence-corrected chi connectivity index (χ0v) is 21.4. The van der Waals surface area contributed by atoms with Crippen LogP contribution >= 0.6 is 0 Å². The fourth-order valence-electron chi connectivity index (χ4n) is 6.52. The van der Waals surface area contributed by atoms with Crippen molar-refractivity contribution in [2.75, 3.05) is 31.6 Å². The number of para-hydroxylation sites is 1. The van der Waals surface area contributed by atoms with Crippen molar-refractivity contribution in [3.63, 3.8) is 0 Å². The lowest BCUT2D eigenvalue weighted by Crippen LogP contribution is -2.58. The van der Waals surface area contributed by atoms with Crippen LogP contribution in [0.2, 0.25) is 0 Å². The Bertz CT molecular complexity index is 1160. The van der Waals surface area contributed by atoms with Crippen molar-refractivity contribution >= 4 is 17.7 Å². The minimum Gasteiger partial charge on any atom is -0.443 e. The summed E-state index contributed by atoms with van der Waals surface area (Å²) in [6, 6.07) is 16.9. The largest absolute Gasteiger partial charge is 0.443 e. The number of carbonyl (C=O) groups is 2. The van der Waals surface area contributed by atoms with Gasteiger partial charge in [-0.05, 0) is 50.3 Å². The third-order valence-electron chi connectivity index (χ3n) is 8.47. The monoisotopic (exact) mass is 521 g/mol. The van der Waals surface area contributed by atoms with Crippen molar-refractivity contribution in [3.8, 4) is 0 Å². The summed E-state index contributed by atoms with van der Waals surface area (Å²) in [4.78, 5) is 28.5. The van der Waals surface area contributed by atoms with Crippen molar-refractivity contribution in [1.82, 2.24) is 10.2 Å². The van der Waals surface area contributed by atoms with Gasteiger partial charge in [0, 0.05) is 17.8 Å². The number of aliphatic hydroxyl groups is 1. The Morgan fingerprint density at radius 2 is 1.97 bits per heavy atom. The van der Waals surface area contributed by atoms with E-state index in [0.717, 1.165) is 36.1 Å². The number of aliphatic hydroxyl groups excluding tert-OH is 1. The van der Waals surface area contributed by atoms with E-state index in [1.165, 1.54) is 0 Å². The fourth-order valence-corrected chi connectivity index (χ4v) is 6.52. The van der Waals surface area contributed by atoms with Gasteiger partial charge < -0.3 is 30.0 Å². The first kappa shape index (κ1) is 25.3. The summed E-state index contributed by atoms with van der Waals surface area (Å²) in [6.07, 6.45) is 1.58. The van der Waals surface area contributed by atoms with E-state index in [2.05, 4.69) is 15.5 Å². The molecule has 0 bridgehead atoms. The third kappa shape index (κ3) is 4.68. The number of ether oxygens (including phenoxy) is 3. The Morgan fingerprint density at radius 3 is 2.84 bits per heavy atom. The van der Waals surface area contributed by atoms with Crippen LogP contribution in [0.3, 0.4) is 0 Å². The van der Waals surface area contributed by atoms with E-state index >= 15 is 0 Å². The number of β-amino-alcohol motifs (C(OH)–C–C–N with tert-alkyl or cyclic N) is 1. The van der Waals surface area contributed by atoms with Crippen molar-refractivity contribution in [3.05, 3.63) is 65.7 Å². The Kier molecular flexibility index (Phi) is 7.09. The Hall–Kier alpha value is -2.98. The summed E-state index contributed by atoms with van der Waals surface area (Å²) in [5.74, 6) is -0.0143. The molecule has 0 aromatic heterocycles. The molecule has 0 aliphatic carbocycles. The number of alkyl carbamates (subject to hydrolysis) is 1. The van der Waals surface area contributed by atoms with Gasteiger partial charge in [0.15, 0.2) is 6.29 Å². The second kappa shape index (κ2) is 10.6. The molecule has 1 unspecified atom stereocenters. The molecule has 2 aromatic rings. The molecule has 0 saturated carbocycles. The Balaban J connectivity index is 1.20. The summed E-state index contributed by atoms with van der Waals surface area (Å²) in [6.45, 7) is 1.83. The predicted octanol–water partition coefficient (Wildman–Crippen LogP) is 2.78. The number of hydrogen-bond acceptors (Lipinski definition) is 7. The van der Waals surface area contributed by atoms with E-state index in [4.69, 9.17) is 14.2 Å². The molecule has 4 aliphatic rings. The number of anilines is 1. The number of piperidine rings is 1. The quantitative estimate of drug-likeness (QED) is 0.514. The van der Waals surface area contributed by atoms with Crippen LogP contribution in [0.4, 0.5) is 10.5 Å². The zero-order valence-electron chi connectivity index (χ0n) is 21.4. The molecule has 3 saturated heterocycles. The average molecular weight is 522 g/mol. The summed E-state index contributed by atoms with van der Waals surface area (Å²) in [7, 11) is 0. The zero-order chi connectivity index (χ0) is 26.1. The van der Waals surface area contributed by atoms with Crippen LogP contribution in [0.5, 0.6) is 0 Å². The van der Waals surface area contributed by atoms with Crippen LogP contribution < -0.4 is 10.6 Å². The van der Waals surface area contributed by atoms with Gasteiger partial charge in [-0.15, -0.1) is 0 Å². The van der Waals surface area contributed by atoms with Crippen molar-refractivity contribution in [1.29, 1.82) is 0 Å². The van der Waals surface area contributed by atoms with E-state index in [1.54, 1.807) is 0 Å². The normalized spacial score (nSPS) is 29.9. The molecule has 2 amide bonds. The van der Waals surface area contributed by atoms with Gasteiger partial charge >= 0.3 is 6.09 Å². The molecular weight excluding hydrogens is 486 g/mol. The minimum atomic E-state index is -0.930. The maximum atomic E-state index is 13.4. The molecule has 3 fully saturated rings. The van der Waals surface area contributed by atoms with Crippen LogP contribution in [-0.4, -0.2) is 72.8 Å². The topological polar surface area (TPSA) is 109 Å². The standard InChI is InChI=1S/C29H35N3O6/c33-24(17-32-14-7-6-13-29(32)21-10-4-5-11-22(21)30-27(29)34)23(16-19-8-2-1-3-9-19)31-28(35)38-25-18-37-26-20(25)12-15-36-26/h1-5,8-11,20,23-26,33H,6-7,12-18H2,(H,30,34)(H,31,35)/t20-,23-,24+,25-,26+,29?/m0/s1. The SMILES string of the molecule is O=C(N[C@@H](Cc1ccccc1)[C@H](O)CN1CCCCC12C(=O)Nc1ccccc12)O[C@H]1CO[C@H]2OCC[C@H]21. The number of hydrogen-bond donors (Lipinski definition) is 3. The maximum Gasteiger partial charge on any atom is 0.407 e. The van der Waals surface area contributed by atoms with Crippen LogP contribution in [0, 0.1) is 5.92 Å². The lowest BCUT2D eigenvalue weighted by Gasteiger charge is -2.44. The van der Waals surface area contributed by atoms with Gasteiger partial charge in [-0.3, -0.25) is 9.69 Å². The number of rotatable bonds is 7. The molecule has 38 heavy (non-hydrogen) atoms. The van der Waals surface area contributed by atoms with Gasteiger partial charge in [0.05, 0.1) is 31.3 Å². The van der Waals surface area contributed by atoms with Crippen molar-refractivity contribution in [2.45, 2.75) is 62.2 Å². The van der Waals surface area contributed by atoms with Crippen LogP contribution in [0.15, 0.2) is 54.6 Å². The van der Waals surface area contributed by atoms with Crippen LogP contribution in [0.25, 0.3) is 0 Å². The molecule has 2 aromatic carbocycles. The average Bonchev–Trinajstić information content (AvgIpc) is 3.61. The highest BCUT2D eigenvalue weighted by Crippen LogP contribution is 2.46. The molecule has 4 aliphatic heterocycles. The molecule has 6 rings (SSSR count). The molecular formula is C29H35N3O6. The first-order chi connectivity index (χ1) is 18.5. The van der Waals surface area contributed by atoms with Gasteiger partial charge in [0.1, 0.15) is 11.6 Å². The number of carbonyl (C=O) groups excluding carboxylic acids is 2. The number of amides is 2. The fraction of sp³-hybridized carbons (Fsp3) is 0.517.